The van der Waals surface area contributed by atoms with E-state index in [2.05, 4.69) is 45.1 Å². The molecule has 364 valence electrons. The summed E-state index contributed by atoms with van der Waals surface area (Å²) >= 11 is 0. The highest BCUT2D eigenvalue weighted by molar-refractivity contribution is 5.71. The molecule has 0 aliphatic carbocycles. The number of ether oxygens (including phenoxy) is 3. The molecule has 6 heteroatoms. The molecule has 0 fully saturated rings. The summed E-state index contributed by atoms with van der Waals surface area (Å²) in [5.41, 5.74) is 0. The van der Waals surface area contributed by atoms with Crippen LogP contribution in [0.15, 0.2) is 24.3 Å². The molecule has 6 nitrogen and oxygen atoms in total. The van der Waals surface area contributed by atoms with Crippen molar-refractivity contribution in [2.75, 3.05) is 13.2 Å². The van der Waals surface area contributed by atoms with Crippen LogP contribution in [0.5, 0.6) is 0 Å². The Morgan fingerprint density at radius 1 is 0.306 bits per heavy atom. The van der Waals surface area contributed by atoms with Crippen molar-refractivity contribution < 1.29 is 28.6 Å². The van der Waals surface area contributed by atoms with Crippen LogP contribution in [0.2, 0.25) is 0 Å². The summed E-state index contributed by atoms with van der Waals surface area (Å²) in [7, 11) is 0. The highest BCUT2D eigenvalue weighted by Crippen LogP contribution is 2.17. The average Bonchev–Trinajstić information content (AvgIpc) is 3.27. The molecule has 0 saturated carbocycles. The minimum Gasteiger partial charge on any atom is -0.462 e. The third-order valence-electron chi connectivity index (χ3n) is 12.1. The second-order valence-corrected chi connectivity index (χ2v) is 18.5. The molecule has 0 aromatic rings. The molecular weight excluding hydrogens is 769 g/mol. The Bertz CT molecular complexity index is 1000. The van der Waals surface area contributed by atoms with E-state index in [1.807, 2.05) is 0 Å². The Labute approximate surface area is 385 Å². The van der Waals surface area contributed by atoms with Gasteiger partial charge in [0.05, 0.1) is 0 Å². The molecule has 0 radical (unpaired) electrons. The molecule has 0 aromatic carbocycles. The van der Waals surface area contributed by atoms with E-state index >= 15 is 0 Å². The maximum atomic E-state index is 12.7. The Kier molecular flexibility index (Phi) is 49.8. The van der Waals surface area contributed by atoms with Crippen molar-refractivity contribution in [3.05, 3.63) is 24.3 Å². The topological polar surface area (TPSA) is 78.9 Å². The fourth-order valence-corrected chi connectivity index (χ4v) is 8.04. The molecule has 0 aliphatic heterocycles. The SMILES string of the molecule is CCC/C=C\CCCCCCCC(=O)OCC(COC(=O)CCCCCCCCCCCCCCCCCCCCCCCCCC)OC(=O)CCCCCCC/C=C\CCC. The van der Waals surface area contributed by atoms with E-state index in [-0.39, 0.29) is 31.1 Å². The van der Waals surface area contributed by atoms with Crippen LogP contribution < -0.4 is 0 Å². The summed E-state index contributed by atoms with van der Waals surface area (Å²) < 4.78 is 16.7. The van der Waals surface area contributed by atoms with Crippen LogP contribution in [0.1, 0.15) is 297 Å². The highest BCUT2D eigenvalue weighted by Gasteiger charge is 2.19. The van der Waals surface area contributed by atoms with Gasteiger partial charge in [-0.15, -0.1) is 0 Å². The third kappa shape index (κ3) is 48.9. The Morgan fingerprint density at radius 3 is 0.871 bits per heavy atom. The molecule has 0 saturated heterocycles. The number of esters is 3. The number of rotatable bonds is 50. The first-order valence-corrected chi connectivity index (χ1v) is 27.3. The van der Waals surface area contributed by atoms with Gasteiger partial charge in [0.15, 0.2) is 6.10 Å². The van der Waals surface area contributed by atoms with Crippen molar-refractivity contribution in [2.45, 2.75) is 303 Å². The lowest BCUT2D eigenvalue weighted by Crippen LogP contribution is -2.30. The summed E-state index contributed by atoms with van der Waals surface area (Å²) in [6, 6.07) is 0. The highest BCUT2D eigenvalue weighted by atomic mass is 16.6. The molecule has 1 unspecified atom stereocenters. The van der Waals surface area contributed by atoms with Crippen LogP contribution in [0, 0.1) is 0 Å². The molecular formula is C56H104O6. The van der Waals surface area contributed by atoms with E-state index in [9.17, 15) is 14.4 Å². The maximum absolute atomic E-state index is 12.7. The predicted octanol–water partition coefficient (Wildman–Crippen LogP) is 17.9. The summed E-state index contributed by atoms with van der Waals surface area (Å²) in [5, 5.41) is 0. The quantitative estimate of drug-likeness (QED) is 0.0262. The zero-order valence-electron chi connectivity index (χ0n) is 41.7. The van der Waals surface area contributed by atoms with Gasteiger partial charge in [0, 0.05) is 19.3 Å². The summed E-state index contributed by atoms with van der Waals surface area (Å²) in [6.07, 6.45) is 59.1. The number of carbonyl (C=O) groups excluding carboxylic acids is 3. The van der Waals surface area contributed by atoms with Crippen molar-refractivity contribution in [3.63, 3.8) is 0 Å². The van der Waals surface area contributed by atoms with Gasteiger partial charge in [0.2, 0.25) is 0 Å². The number of hydrogen-bond acceptors (Lipinski definition) is 6. The Hall–Kier alpha value is -2.11. The largest absolute Gasteiger partial charge is 0.462 e. The van der Waals surface area contributed by atoms with Crippen molar-refractivity contribution in [3.8, 4) is 0 Å². The van der Waals surface area contributed by atoms with E-state index in [4.69, 9.17) is 14.2 Å². The molecule has 0 heterocycles. The lowest BCUT2D eigenvalue weighted by Gasteiger charge is -2.18. The van der Waals surface area contributed by atoms with E-state index in [1.165, 1.54) is 167 Å². The van der Waals surface area contributed by atoms with Gasteiger partial charge in [0.25, 0.3) is 0 Å². The summed E-state index contributed by atoms with van der Waals surface area (Å²) in [4.78, 5) is 37.8. The maximum Gasteiger partial charge on any atom is 0.306 e. The zero-order valence-corrected chi connectivity index (χ0v) is 41.7. The second-order valence-electron chi connectivity index (χ2n) is 18.5. The van der Waals surface area contributed by atoms with Gasteiger partial charge >= 0.3 is 17.9 Å². The standard InChI is InChI=1S/C56H104O6/c1-4-7-10-13-16-19-22-23-24-25-26-27-28-29-30-31-32-33-34-35-38-40-43-46-49-55(58)61-52-53(62-56(59)50-47-44-41-37-21-18-15-12-9-6-3)51-60-54(57)48-45-42-39-36-20-17-14-11-8-5-2/h11-12,14-15,53H,4-10,13,16-52H2,1-3H3/b14-11-,15-12-. The van der Waals surface area contributed by atoms with E-state index in [0.717, 1.165) is 89.9 Å². The van der Waals surface area contributed by atoms with Gasteiger partial charge in [-0.05, 0) is 57.8 Å². The van der Waals surface area contributed by atoms with Gasteiger partial charge in [0.1, 0.15) is 13.2 Å². The molecule has 0 N–H and O–H groups in total. The Balaban J connectivity index is 4.10. The second kappa shape index (κ2) is 51.5. The van der Waals surface area contributed by atoms with Crippen LogP contribution in [0.3, 0.4) is 0 Å². The van der Waals surface area contributed by atoms with Crippen molar-refractivity contribution in [2.24, 2.45) is 0 Å². The zero-order chi connectivity index (χ0) is 45.1. The van der Waals surface area contributed by atoms with Crippen molar-refractivity contribution in [1.29, 1.82) is 0 Å². The van der Waals surface area contributed by atoms with Crippen LogP contribution >= 0.6 is 0 Å². The Morgan fingerprint density at radius 2 is 0.565 bits per heavy atom. The minimum absolute atomic E-state index is 0.0739. The number of unbranched alkanes of at least 4 members (excludes halogenated alkanes) is 35. The molecule has 0 aliphatic rings. The lowest BCUT2D eigenvalue weighted by atomic mass is 10.0. The molecule has 0 aromatic heterocycles. The molecule has 0 spiro atoms. The van der Waals surface area contributed by atoms with Crippen molar-refractivity contribution in [1.82, 2.24) is 0 Å². The summed E-state index contributed by atoms with van der Waals surface area (Å²) in [5.74, 6) is -0.884. The first kappa shape index (κ1) is 59.9. The normalized spacial score (nSPS) is 12.1. The lowest BCUT2D eigenvalue weighted by molar-refractivity contribution is -0.167. The smallest absolute Gasteiger partial charge is 0.306 e. The molecule has 0 amide bonds. The van der Waals surface area contributed by atoms with Gasteiger partial charge < -0.3 is 14.2 Å². The first-order chi connectivity index (χ1) is 30.5. The predicted molar refractivity (Wildman–Crippen MR) is 266 cm³/mol. The molecule has 1 atom stereocenters. The van der Waals surface area contributed by atoms with E-state index in [1.54, 1.807) is 0 Å². The molecule has 0 bridgehead atoms. The first-order valence-electron chi connectivity index (χ1n) is 27.3. The van der Waals surface area contributed by atoms with Crippen LogP contribution in [0.25, 0.3) is 0 Å². The molecule has 62 heavy (non-hydrogen) atoms. The van der Waals surface area contributed by atoms with Gasteiger partial charge in [-0.1, -0.05) is 244 Å². The molecule has 0 rings (SSSR count). The van der Waals surface area contributed by atoms with Gasteiger partial charge in [-0.25, -0.2) is 0 Å². The van der Waals surface area contributed by atoms with Gasteiger partial charge in [-0.3, -0.25) is 14.4 Å². The van der Waals surface area contributed by atoms with Crippen LogP contribution in [-0.4, -0.2) is 37.2 Å². The average molecular weight is 873 g/mol. The number of allylic oxidation sites excluding steroid dienone is 4. The van der Waals surface area contributed by atoms with E-state index in [0.29, 0.717) is 19.3 Å². The monoisotopic (exact) mass is 873 g/mol. The van der Waals surface area contributed by atoms with Crippen molar-refractivity contribution >= 4 is 17.9 Å². The van der Waals surface area contributed by atoms with Crippen LogP contribution in [-0.2, 0) is 28.6 Å². The third-order valence-corrected chi connectivity index (χ3v) is 12.1. The number of carbonyl (C=O) groups is 3. The van der Waals surface area contributed by atoms with E-state index < -0.39 is 6.10 Å². The minimum atomic E-state index is -0.773. The fraction of sp³-hybridized carbons (Fsp3) is 0.875. The summed E-state index contributed by atoms with van der Waals surface area (Å²) in [6.45, 7) is 6.53. The fourth-order valence-electron chi connectivity index (χ4n) is 8.04. The van der Waals surface area contributed by atoms with Crippen LogP contribution in [0.4, 0.5) is 0 Å². The van der Waals surface area contributed by atoms with Gasteiger partial charge in [-0.2, -0.15) is 0 Å². The number of hydrogen-bond donors (Lipinski definition) is 0.